The number of nitrogens with one attached hydrogen (secondary N) is 2. The Morgan fingerprint density at radius 2 is 1.56 bits per heavy atom. The fraction of sp³-hybridized carbons (Fsp3) is 0.560. The standard InChI is InChI=1S/C25H34F3N5O4S2/c1-38(34,35)30-13-8-19-9-14-32(15-10-19)22-3-5-23(6-4-22)39(36,37)33-16-11-21(12-17-33)31-24-7-2-20(18-29-24)25(26,27)28/h2-7,18-19,21,30H,8-17H2,1H3,(H,29,31). The van der Waals surface area contributed by atoms with Crippen LogP contribution in [0, 0.1) is 5.92 Å². The van der Waals surface area contributed by atoms with Crippen LogP contribution in [0.25, 0.3) is 0 Å². The fourth-order valence-electron chi connectivity index (χ4n) is 5.00. The second-order valence-electron chi connectivity index (χ2n) is 10.1. The number of sulfonamides is 2. The van der Waals surface area contributed by atoms with Gasteiger partial charge in [0.05, 0.1) is 16.7 Å². The largest absolute Gasteiger partial charge is 0.417 e. The maximum absolute atomic E-state index is 13.2. The molecule has 2 fully saturated rings. The summed E-state index contributed by atoms with van der Waals surface area (Å²) >= 11 is 0. The minimum atomic E-state index is -4.44. The summed E-state index contributed by atoms with van der Waals surface area (Å²) in [6, 6.07) is 9.07. The van der Waals surface area contributed by atoms with E-state index < -0.39 is 31.8 Å². The molecule has 4 rings (SSSR count). The van der Waals surface area contributed by atoms with Gasteiger partial charge in [0.15, 0.2) is 0 Å². The third-order valence-corrected chi connectivity index (χ3v) is 9.91. The van der Waals surface area contributed by atoms with Gasteiger partial charge in [0, 0.05) is 50.6 Å². The van der Waals surface area contributed by atoms with Gasteiger partial charge in [-0.05, 0) is 74.4 Å². The first-order valence-electron chi connectivity index (χ1n) is 12.9. The Bertz CT molecular complexity index is 1300. The average molecular weight is 590 g/mol. The summed E-state index contributed by atoms with van der Waals surface area (Å²) in [5.74, 6) is 0.775. The molecule has 0 aliphatic carbocycles. The van der Waals surface area contributed by atoms with Crippen LogP contribution >= 0.6 is 0 Å². The molecule has 216 valence electrons. The van der Waals surface area contributed by atoms with Gasteiger partial charge in [-0.15, -0.1) is 0 Å². The molecule has 39 heavy (non-hydrogen) atoms. The molecule has 0 atom stereocenters. The molecule has 0 amide bonds. The smallest absolute Gasteiger partial charge is 0.372 e. The highest BCUT2D eigenvalue weighted by atomic mass is 32.2. The van der Waals surface area contributed by atoms with Crippen LogP contribution in [-0.4, -0.2) is 71.1 Å². The Morgan fingerprint density at radius 1 is 0.923 bits per heavy atom. The van der Waals surface area contributed by atoms with Gasteiger partial charge in [0.2, 0.25) is 20.0 Å². The lowest BCUT2D eigenvalue weighted by atomic mass is 9.93. The van der Waals surface area contributed by atoms with E-state index in [1.54, 1.807) is 12.1 Å². The number of anilines is 2. The molecule has 0 radical (unpaired) electrons. The minimum Gasteiger partial charge on any atom is -0.372 e. The molecule has 0 unspecified atom stereocenters. The van der Waals surface area contributed by atoms with Crippen molar-refractivity contribution in [3.05, 3.63) is 48.2 Å². The SMILES string of the molecule is CS(=O)(=O)NCCC1CCN(c2ccc(S(=O)(=O)N3CCC(Nc4ccc(C(F)(F)F)cn4)CC3)cc2)CC1. The number of nitrogens with zero attached hydrogens (tertiary/aromatic N) is 3. The predicted octanol–water partition coefficient (Wildman–Crippen LogP) is 3.52. The van der Waals surface area contributed by atoms with Crippen molar-refractivity contribution >= 4 is 31.6 Å². The lowest BCUT2D eigenvalue weighted by molar-refractivity contribution is -0.137. The van der Waals surface area contributed by atoms with Gasteiger partial charge in [-0.25, -0.2) is 26.5 Å². The fourth-order valence-corrected chi connectivity index (χ4v) is 6.96. The van der Waals surface area contributed by atoms with Crippen molar-refractivity contribution in [3.63, 3.8) is 0 Å². The number of benzene rings is 1. The molecule has 0 bridgehead atoms. The van der Waals surface area contributed by atoms with E-state index in [1.165, 1.54) is 10.4 Å². The number of alkyl halides is 3. The van der Waals surface area contributed by atoms with Crippen LogP contribution in [0.15, 0.2) is 47.5 Å². The predicted molar refractivity (Wildman–Crippen MR) is 143 cm³/mol. The van der Waals surface area contributed by atoms with Gasteiger partial charge in [-0.2, -0.15) is 17.5 Å². The first kappa shape index (κ1) is 29.6. The number of hydrogen-bond acceptors (Lipinski definition) is 7. The maximum Gasteiger partial charge on any atom is 0.417 e. The van der Waals surface area contributed by atoms with E-state index >= 15 is 0 Å². The highest BCUT2D eigenvalue weighted by Crippen LogP contribution is 2.30. The number of aromatic nitrogens is 1. The monoisotopic (exact) mass is 589 g/mol. The quantitative estimate of drug-likeness (QED) is 0.461. The van der Waals surface area contributed by atoms with Gasteiger partial charge < -0.3 is 10.2 Å². The van der Waals surface area contributed by atoms with Crippen LogP contribution in [-0.2, 0) is 26.2 Å². The van der Waals surface area contributed by atoms with Crippen LogP contribution < -0.4 is 14.9 Å². The molecule has 2 aromatic rings. The van der Waals surface area contributed by atoms with Gasteiger partial charge in [0.1, 0.15) is 5.82 Å². The first-order chi connectivity index (χ1) is 18.3. The molecule has 0 saturated carbocycles. The molecule has 14 heteroatoms. The number of piperidine rings is 2. The molecule has 3 heterocycles. The first-order valence-corrected chi connectivity index (χ1v) is 16.2. The van der Waals surface area contributed by atoms with Crippen LogP contribution in [0.2, 0.25) is 0 Å². The lowest BCUT2D eigenvalue weighted by Gasteiger charge is -2.34. The van der Waals surface area contributed by atoms with Gasteiger partial charge in [-0.3, -0.25) is 0 Å². The Morgan fingerprint density at radius 3 is 2.10 bits per heavy atom. The second-order valence-corrected chi connectivity index (χ2v) is 13.9. The normalized spacial score (nSPS) is 18.8. The van der Waals surface area contributed by atoms with Crippen molar-refractivity contribution in [1.29, 1.82) is 0 Å². The summed E-state index contributed by atoms with van der Waals surface area (Å²) in [7, 11) is -6.84. The van der Waals surface area contributed by atoms with E-state index in [2.05, 4.69) is 19.9 Å². The van der Waals surface area contributed by atoms with Crippen LogP contribution in [0.3, 0.4) is 0 Å². The van der Waals surface area contributed by atoms with Crippen molar-refractivity contribution in [2.24, 2.45) is 5.92 Å². The summed E-state index contributed by atoms with van der Waals surface area (Å²) in [5, 5.41) is 3.10. The van der Waals surface area contributed by atoms with Gasteiger partial charge in [-0.1, -0.05) is 0 Å². The van der Waals surface area contributed by atoms with Crippen LogP contribution in [0.5, 0.6) is 0 Å². The number of hydrogen-bond donors (Lipinski definition) is 2. The van der Waals surface area contributed by atoms with Crippen LogP contribution in [0.1, 0.15) is 37.7 Å². The van der Waals surface area contributed by atoms with Crippen molar-refractivity contribution in [2.75, 3.05) is 49.2 Å². The average Bonchev–Trinajstić information content (AvgIpc) is 2.89. The molecule has 2 aliphatic heterocycles. The zero-order valence-electron chi connectivity index (χ0n) is 21.7. The second kappa shape index (κ2) is 12.0. The highest BCUT2D eigenvalue weighted by Gasteiger charge is 2.32. The maximum atomic E-state index is 13.2. The molecule has 1 aromatic heterocycles. The Kier molecular flexibility index (Phi) is 9.08. The van der Waals surface area contributed by atoms with Crippen molar-refractivity contribution in [2.45, 2.75) is 49.2 Å². The summed E-state index contributed by atoms with van der Waals surface area (Å²) in [5.41, 5.74) is 0.137. The molecule has 1 aromatic carbocycles. The zero-order chi connectivity index (χ0) is 28.3. The summed E-state index contributed by atoms with van der Waals surface area (Å²) in [4.78, 5) is 6.27. The molecular weight excluding hydrogens is 555 g/mol. The Hall–Kier alpha value is -2.42. The van der Waals surface area contributed by atoms with E-state index in [1.807, 2.05) is 12.1 Å². The molecule has 2 N–H and O–H groups in total. The zero-order valence-corrected chi connectivity index (χ0v) is 23.3. The molecule has 2 aliphatic rings. The van der Waals surface area contributed by atoms with Crippen molar-refractivity contribution < 1.29 is 30.0 Å². The number of halogens is 3. The minimum absolute atomic E-state index is 0.0897. The van der Waals surface area contributed by atoms with E-state index in [0.717, 1.165) is 56.6 Å². The van der Waals surface area contributed by atoms with Crippen molar-refractivity contribution in [3.8, 4) is 0 Å². The van der Waals surface area contributed by atoms with E-state index in [9.17, 15) is 30.0 Å². The lowest BCUT2D eigenvalue weighted by Crippen LogP contribution is -2.42. The van der Waals surface area contributed by atoms with Crippen molar-refractivity contribution in [1.82, 2.24) is 14.0 Å². The molecule has 9 nitrogen and oxygen atoms in total. The topological polar surface area (TPSA) is 112 Å². The van der Waals surface area contributed by atoms with E-state index in [4.69, 9.17) is 0 Å². The molecule has 0 spiro atoms. The number of pyridine rings is 1. The van der Waals surface area contributed by atoms with Crippen LogP contribution in [0.4, 0.5) is 24.7 Å². The molecule has 2 saturated heterocycles. The molecular formula is C25H34F3N5O4S2. The Labute approximate surface area is 227 Å². The Balaban J connectivity index is 1.26. The van der Waals surface area contributed by atoms with E-state index in [-0.39, 0.29) is 10.9 Å². The van der Waals surface area contributed by atoms with E-state index in [0.29, 0.717) is 44.2 Å². The third-order valence-electron chi connectivity index (χ3n) is 7.27. The summed E-state index contributed by atoms with van der Waals surface area (Å²) in [6.45, 7) is 2.68. The summed E-state index contributed by atoms with van der Waals surface area (Å²) < 4.78 is 91.0. The van der Waals surface area contributed by atoms with Gasteiger partial charge >= 0.3 is 6.18 Å². The van der Waals surface area contributed by atoms with Gasteiger partial charge in [0.25, 0.3) is 0 Å². The highest BCUT2D eigenvalue weighted by molar-refractivity contribution is 7.89. The third kappa shape index (κ3) is 8.05. The number of rotatable bonds is 9. The summed E-state index contributed by atoms with van der Waals surface area (Å²) in [6.07, 6.45) is 1.19.